The Hall–Kier alpha value is -2.80. The molecule has 0 spiro atoms. The molecule has 0 radical (unpaired) electrons. The zero-order valence-corrected chi connectivity index (χ0v) is 16.7. The third-order valence-electron chi connectivity index (χ3n) is 5.26. The smallest absolute Gasteiger partial charge is 0.220 e. The van der Waals surface area contributed by atoms with E-state index in [0.29, 0.717) is 26.2 Å². The Morgan fingerprint density at radius 3 is 2.62 bits per heavy atom. The maximum atomic E-state index is 11.7. The van der Waals surface area contributed by atoms with Gasteiger partial charge in [-0.05, 0) is 30.2 Å². The summed E-state index contributed by atoms with van der Waals surface area (Å²) < 4.78 is 17.3. The zero-order chi connectivity index (χ0) is 20.1. The van der Waals surface area contributed by atoms with E-state index < -0.39 is 0 Å². The molecule has 7 nitrogen and oxygen atoms in total. The summed E-state index contributed by atoms with van der Waals surface area (Å²) in [5, 5.41) is 3.07. The first-order valence-electron chi connectivity index (χ1n) is 10.1. The van der Waals surface area contributed by atoms with Gasteiger partial charge >= 0.3 is 0 Å². The predicted molar refractivity (Wildman–Crippen MR) is 108 cm³/mol. The number of methoxy groups -OCH3 is 1. The quantitative estimate of drug-likeness (QED) is 0.774. The Bertz CT molecular complexity index is 843. The highest BCUT2D eigenvalue weighted by Crippen LogP contribution is 2.37. The van der Waals surface area contributed by atoms with E-state index in [-0.39, 0.29) is 11.9 Å². The summed E-state index contributed by atoms with van der Waals surface area (Å²) in [6.07, 6.45) is 5.94. The van der Waals surface area contributed by atoms with Crippen molar-refractivity contribution in [2.75, 3.05) is 26.9 Å². The van der Waals surface area contributed by atoms with Gasteiger partial charge in [-0.1, -0.05) is 0 Å². The van der Waals surface area contributed by atoms with E-state index >= 15 is 0 Å². The lowest BCUT2D eigenvalue weighted by Crippen LogP contribution is -2.38. The molecule has 7 heteroatoms. The Kier molecular flexibility index (Phi) is 6.14. The van der Waals surface area contributed by atoms with Crippen LogP contribution in [0.2, 0.25) is 0 Å². The normalized spacial score (nSPS) is 18.4. The lowest BCUT2D eigenvalue weighted by atomic mass is 10.1. The maximum Gasteiger partial charge on any atom is 0.220 e. The molecule has 2 aromatic rings. The highest BCUT2D eigenvalue weighted by Gasteiger charge is 2.24. The third-order valence-corrected chi connectivity index (χ3v) is 5.26. The van der Waals surface area contributed by atoms with Gasteiger partial charge in [-0.3, -0.25) is 14.7 Å². The summed E-state index contributed by atoms with van der Waals surface area (Å²) in [6.45, 7) is 3.49. The number of benzene rings is 1. The minimum Gasteiger partial charge on any atom is -0.496 e. The van der Waals surface area contributed by atoms with Crippen molar-refractivity contribution < 1.29 is 19.0 Å². The van der Waals surface area contributed by atoms with Crippen LogP contribution in [0.4, 0.5) is 0 Å². The molecule has 1 aromatic carbocycles. The molecular weight excluding hydrogens is 370 g/mol. The second kappa shape index (κ2) is 9.13. The van der Waals surface area contributed by atoms with Crippen LogP contribution in [0, 0.1) is 0 Å². The van der Waals surface area contributed by atoms with Gasteiger partial charge in [-0.15, -0.1) is 0 Å². The number of hydrogen-bond donors (Lipinski definition) is 1. The standard InChI is InChI=1S/C22H27N3O4/c1-27-19-12-21-20(28-9-2-10-29-21)11-17(19)14-25(13-16-5-7-23-8-6-16)15-18-3-4-22(26)24-18/h5-8,11-12,18H,2-4,9-10,13-15H2,1H3,(H,24,26)/t18-/m0/s1. The zero-order valence-electron chi connectivity index (χ0n) is 16.7. The first-order valence-corrected chi connectivity index (χ1v) is 10.1. The molecule has 4 rings (SSSR count). The van der Waals surface area contributed by atoms with Crippen LogP contribution in [-0.4, -0.2) is 48.7 Å². The van der Waals surface area contributed by atoms with Crippen molar-refractivity contribution in [3.8, 4) is 17.2 Å². The fraction of sp³-hybridized carbons (Fsp3) is 0.455. The molecule has 154 valence electrons. The molecular formula is C22H27N3O4. The first-order chi connectivity index (χ1) is 14.2. The van der Waals surface area contributed by atoms with Gasteiger partial charge in [-0.2, -0.15) is 0 Å². The number of nitrogens with zero attached hydrogens (tertiary/aromatic N) is 2. The molecule has 1 aromatic heterocycles. The van der Waals surface area contributed by atoms with E-state index in [2.05, 4.69) is 15.2 Å². The lowest BCUT2D eigenvalue weighted by molar-refractivity contribution is -0.119. The van der Waals surface area contributed by atoms with Gasteiger partial charge in [0.15, 0.2) is 11.5 Å². The lowest BCUT2D eigenvalue weighted by Gasteiger charge is -2.27. The van der Waals surface area contributed by atoms with E-state index in [1.807, 2.05) is 24.3 Å². The van der Waals surface area contributed by atoms with Gasteiger partial charge in [0.25, 0.3) is 0 Å². The minimum absolute atomic E-state index is 0.132. The van der Waals surface area contributed by atoms with Gasteiger partial charge < -0.3 is 19.5 Å². The minimum atomic E-state index is 0.132. The largest absolute Gasteiger partial charge is 0.496 e. The van der Waals surface area contributed by atoms with Crippen molar-refractivity contribution in [2.24, 2.45) is 0 Å². The van der Waals surface area contributed by atoms with E-state index in [9.17, 15) is 4.79 Å². The average Bonchev–Trinajstić information content (AvgIpc) is 3.00. The summed E-state index contributed by atoms with van der Waals surface area (Å²) in [6, 6.07) is 8.14. The molecule has 0 bridgehead atoms. The molecule has 0 aliphatic carbocycles. The number of rotatable bonds is 7. The summed E-state index contributed by atoms with van der Waals surface area (Å²) in [5.41, 5.74) is 2.22. The van der Waals surface area contributed by atoms with Crippen LogP contribution in [0.25, 0.3) is 0 Å². The van der Waals surface area contributed by atoms with Crippen molar-refractivity contribution in [3.05, 3.63) is 47.8 Å². The van der Waals surface area contributed by atoms with Crippen molar-refractivity contribution >= 4 is 5.91 Å². The number of aromatic nitrogens is 1. The van der Waals surface area contributed by atoms with Crippen molar-refractivity contribution in [3.63, 3.8) is 0 Å². The van der Waals surface area contributed by atoms with Crippen molar-refractivity contribution in [2.45, 2.75) is 38.4 Å². The highest BCUT2D eigenvalue weighted by atomic mass is 16.5. The van der Waals surface area contributed by atoms with Crippen LogP contribution < -0.4 is 19.5 Å². The van der Waals surface area contributed by atoms with Crippen LogP contribution in [0.5, 0.6) is 17.2 Å². The fourth-order valence-electron chi connectivity index (χ4n) is 3.84. The molecule has 1 saturated heterocycles. The van der Waals surface area contributed by atoms with Crippen LogP contribution in [0.15, 0.2) is 36.7 Å². The first kappa shape index (κ1) is 19.5. The van der Waals surface area contributed by atoms with E-state index in [4.69, 9.17) is 14.2 Å². The number of fused-ring (bicyclic) bond motifs is 1. The second-order valence-corrected chi connectivity index (χ2v) is 7.49. The van der Waals surface area contributed by atoms with Gasteiger partial charge in [0.2, 0.25) is 5.91 Å². The van der Waals surface area contributed by atoms with Gasteiger partial charge in [0.1, 0.15) is 5.75 Å². The number of ether oxygens (including phenoxy) is 3. The van der Waals surface area contributed by atoms with Gasteiger partial charge in [-0.25, -0.2) is 0 Å². The third kappa shape index (κ3) is 4.98. The fourth-order valence-corrected chi connectivity index (χ4v) is 3.84. The monoisotopic (exact) mass is 397 g/mol. The Balaban J connectivity index is 1.57. The highest BCUT2D eigenvalue weighted by molar-refractivity contribution is 5.78. The van der Waals surface area contributed by atoms with Crippen molar-refractivity contribution in [1.29, 1.82) is 0 Å². The van der Waals surface area contributed by atoms with E-state index in [1.165, 1.54) is 5.56 Å². The number of hydrogen-bond acceptors (Lipinski definition) is 6. The molecule has 0 unspecified atom stereocenters. The molecule has 1 amide bonds. The Morgan fingerprint density at radius 2 is 1.93 bits per heavy atom. The number of pyridine rings is 1. The molecule has 3 heterocycles. The number of carbonyl (C=O) groups is 1. The Labute approximate surface area is 171 Å². The molecule has 1 fully saturated rings. The number of amides is 1. The van der Waals surface area contributed by atoms with Crippen LogP contribution in [-0.2, 0) is 17.9 Å². The van der Waals surface area contributed by atoms with Crippen molar-refractivity contribution in [1.82, 2.24) is 15.2 Å². The molecule has 2 aliphatic heterocycles. The maximum absolute atomic E-state index is 11.7. The van der Waals surface area contributed by atoms with Crippen LogP contribution >= 0.6 is 0 Å². The molecule has 1 atom stereocenters. The van der Waals surface area contributed by atoms with Crippen LogP contribution in [0.3, 0.4) is 0 Å². The number of carbonyl (C=O) groups excluding carboxylic acids is 1. The average molecular weight is 397 g/mol. The number of nitrogens with one attached hydrogen (secondary N) is 1. The SMILES string of the molecule is COc1cc2c(cc1CN(Cc1ccncc1)C[C@@H]1CCC(=O)N1)OCCCO2. The second-order valence-electron chi connectivity index (χ2n) is 7.49. The summed E-state index contributed by atoms with van der Waals surface area (Å²) in [5.74, 6) is 2.40. The molecule has 2 aliphatic rings. The van der Waals surface area contributed by atoms with E-state index in [1.54, 1.807) is 19.5 Å². The molecule has 0 saturated carbocycles. The summed E-state index contributed by atoms with van der Waals surface area (Å²) in [4.78, 5) is 18.1. The van der Waals surface area contributed by atoms with E-state index in [0.717, 1.165) is 48.7 Å². The van der Waals surface area contributed by atoms with Crippen LogP contribution in [0.1, 0.15) is 30.4 Å². The molecule has 29 heavy (non-hydrogen) atoms. The summed E-state index contributed by atoms with van der Waals surface area (Å²) in [7, 11) is 1.67. The van der Waals surface area contributed by atoms with Gasteiger partial charge in [0.05, 0.1) is 20.3 Å². The summed E-state index contributed by atoms with van der Waals surface area (Å²) >= 11 is 0. The molecule has 1 N–H and O–H groups in total. The predicted octanol–water partition coefficient (Wildman–Crippen LogP) is 2.53. The Morgan fingerprint density at radius 1 is 1.17 bits per heavy atom. The van der Waals surface area contributed by atoms with Gasteiger partial charge in [0, 0.05) is 62.5 Å². The topological polar surface area (TPSA) is 72.9 Å².